The molecule has 0 N–H and O–H groups in total. The van der Waals surface area contributed by atoms with E-state index in [1.54, 1.807) is 18.2 Å². The first-order valence-corrected chi connectivity index (χ1v) is 8.56. The minimum absolute atomic E-state index is 0.0623. The van der Waals surface area contributed by atoms with Crippen molar-refractivity contribution >= 4 is 17.6 Å². The zero-order chi connectivity index (χ0) is 19.4. The predicted molar refractivity (Wildman–Crippen MR) is 97.1 cm³/mol. The lowest BCUT2D eigenvalue weighted by atomic mass is 10.2. The van der Waals surface area contributed by atoms with Gasteiger partial charge >= 0.3 is 5.97 Å². The van der Waals surface area contributed by atoms with Crippen LogP contribution >= 0.6 is 11.6 Å². The minimum atomic E-state index is -0.575. The first-order valence-electron chi connectivity index (χ1n) is 8.18. The highest BCUT2D eigenvalue weighted by Crippen LogP contribution is 2.37. The average Bonchev–Trinajstić information content (AvgIpc) is 3.32. The second-order valence-corrected chi connectivity index (χ2v) is 6.30. The summed E-state index contributed by atoms with van der Waals surface area (Å²) in [6.07, 6.45) is 1.44. The Hall–Kier alpha value is -2.93. The third-order valence-corrected chi connectivity index (χ3v) is 3.77. The molecule has 0 saturated heterocycles. The van der Waals surface area contributed by atoms with Crippen LogP contribution in [0.4, 0.5) is 0 Å². The maximum atomic E-state index is 12.4. The molecule has 142 valence electrons. The number of ether oxygens (including phenoxy) is 3. The highest BCUT2D eigenvalue weighted by Gasteiger charge is 2.18. The molecule has 0 bridgehead atoms. The Balaban J connectivity index is 1.70. The summed E-state index contributed by atoms with van der Waals surface area (Å²) in [5.41, 5.74) is 0.690. The van der Waals surface area contributed by atoms with Crippen LogP contribution in [0.3, 0.4) is 0 Å². The lowest BCUT2D eigenvalue weighted by Crippen LogP contribution is -2.09. The summed E-state index contributed by atoms with van der Waals surface area (Å²) in [7, 11) is 1.47. The number of carbonyl (C=O) groups is 1. The van der Waals surface area contributed by atoms with Gasteiger partial charge in [-0.3, -0.25) is 0 Å². The number of aromatic nitrogens is 1. The number of hydrogen-bond donors (Lipinski definition) is 0. The lowest BCUT2D eigenvalue weighted by Gasteiger charge is -2.16. The summed E-state index contributed by atoms with van der Waals surface area (Å²) in [4.78, 5) is 12.4. The molecule has 3 rings (SSSR count). The molecule has 0 saturated carbocycles. The van der Waals surface area contributed by atoms with Crippen LogP contribution in [0.2, 0.25) is 5.02 Å². The lowest BCUT2D eigenvalue weighted by molar-refractivity contribution is 0.0464. The van der Waals surface area contributed by atoms with E-state index in [4.69, 9.17) is 34.8 Å². The van der Waals surface area contributed by atoms with Gasteiger partial charge in [-0.05, 0) is 38.1 Å². The Morgan fingerprint density at radius 3 is 2.74 bits per heavy atom. The highest BCUT2D eigenvalue weighted by molar-refractivity contribution is 6.32. The Morgan fingerprint density at radius 1 is 1.26 bits per heavy atom. The fraction of sp³-hybridized carbons (Fsp3) is 0.263. The summed E-state index contributed by atoms with van der Waals surface area (Å²) in [5, 5.41) is 4.11. The van der Waals surface area contributed by atoms with Crippen LogP contribution in [0.1, 0.15) is 29.9 Å². The van der Waals surface area contributed by atoms with E-state index in [0.29, 0.717) is 28.7 Å². The molecule has 0 spiro atoms. The SMILES string of the molecule is COc1cc(C(=O)OCc2cc(-c3ccco3)on2)cc(Cl)c1OC(C)C. The van der Waals surface area contributed by atoms with Crippen molar-refractivity contribution < 1.29 is 27.9 Å². The molecule has 0 fully saturated rings. The zero-order valence-electron chi connectivity index (χ0n) is 15.0. The minimum Gasteiger partial charge on any atom is -0.493 e. The number of nitrogens with zero attached hydrogens (tertiary/aromatic N) is 1. The van der Waals surface area contributed by atoms with Crippen molar-refractivity contribution in [3.63, 3.8) is 0 Å². The van der Waals surface area contributed by atoms with Gasteiger partial charge in [0.25, 0.3) is 0 Å². The summed E-state index contributed by atoms with van der Waals surface area (Å²) < 4.78 is 26.6. The normalized spacial score (nSPS) is 10.9. The molecule has 27 heavy (non-hydrogen) atoms. The van der Waals surface area contributed by atoms with E-state index in [-0.39, 0.29) is 23.3 Å². The molecule has 0 aliphatic carbocycles. The quantitative estimate of drug-likeness (QED) is 0.537. The van der Waals surface area contributed by atoms with E-state index < -0.39 is 5.97 Å². The third-order valence-electron chi connectivity index (χ3n) is 3.49. The molecule has 1 aromatic carbocycles. The summed E-state index contributed by atoms with van der Waals surface area (Å²) in [6.45, 7) is 3.67. The number of methoxy groups -OCH3 is 1. The number of halogens is 1. The molecule has 0 atom stereocenters. The molecule has 0 radical (unpaired) electrons. The highest BCUT2D eigenvalue weighted by atomic mass is 35.5. The zero-order valence-corrected chi connectivity index (χ0v) is 15.8. The van der Waals surface area contributed by atoms with Crippen LogP contribution in [0, 0.1) is 0 Å². The Morgan fingerprint density at radius 2 is 2.07 bits per heavy atom. The van der Waals surface area contributed by atoms with Gasteiger partial charge in [0.2, 0.25) is 5.76 Å². The van der Waals surface area contributed by atoms with Gasteiger partial charge in [0.05, 0.1) is 30.1 Å². The van der Waals surface area contributed by atoms with E-state index in [2.05, 4.69) is 5.16 Å². The van der Waals surface area contributed by atoms with Crippen LogP contribution in [-0.2, 0) is 11.3 Å². The van der Waals surface area contributed by atoms with Gasteiger partial charge in [-0.15, -0.1) is 0 Å². The van der Waals surface area contributed by atoms with Gasteiger partial charge < -0.3 is 23.2 Å². The smallest absolute Gasteiger partial charge is 0.338 e. The van der Waals surface area contributed by atoms with Gasteiger partial charge in [0, 0.05) is 6.07 Å². The number of rotatable bonds is 7. The maximum absolute atomic E-state index is 12.4. The van der Waals surface area contributed by atoms with Crippen molar-refractivity contribution in [3.8, 4) is 23.0 Å². The number of hydrogen-bond acceptors (Lipinski definition) is 7. The number of furan rings is 1. The van der Waals surface area contributed by atoms with Gasteiger partial charge in [0.1, 0.15) is 12.3 Å². The molecule has 7 nitrogen and oxygen atoms in total. The largest absolute Gasteiger partial charge is 0.493 e. The molecule has 2 heterocycles. The molecule has 8 heteroatoms. The van der Waals surface area contributed by atoms with Gasteiger partial charge in [-0.2, -0.15) is 0 Å². The van der Waals surface area contributed by atoms with Crippen molar-refractivity contribution in [1.82, 2.24) is 5.16 Å². The van der Waals surface area contributed by atoms with E-state index in [1.165, 1.54) is 25.5 Å². The number of esters is 1. The van der Waals surface area contributed by atoms with E-state index >= 15 is 0 Å². The third kappa shape index (κ3) is 4.43. The van der Waals surface area contributed by atoms with Crippen molar-refractivity contribution in [3.05, 3.63) is 52.9 Å². The number of carbonyl (C=O) groups excluding carboxylic acids is 1. The van der Waals surface area contributed by atoms with Crippen molar-refractivity contribution in [1.29, 1.82) is 0 Å². The fourth-order valence-corrected chi connectivity index (χ4v) is 2.58. The summed E-state index contributed by atoms with van der Waals surface area (Å²) in [6, 6.07) is 8.11. The van der Waals surface area contributed by atoms with Gasteiger partial charge in [-0.1, -0.05) is 16.8 Å². The average molecular weight is 392 g/mol. The summed E-state index contributed by atoms with van der Waals surface area (Å²) in [5.74, 6) is 1.15. The molecule has 3 aromatic rings. The van der Waals surface area contributed by atoms with Crippen LogP contribution < -0.4 is 9.47 Å². The molecule has 0 amide bonds. The maximum Gasteiger partial charge on any atom is 0.338 e. The first kappa shape index (κ1) is 18.8. The summed E-state index contributed by atoms with van der Waals surface area (Å²) >= 11 is 6.23. The van der Waals surface area contributed by atoms with E-state index in [0.717, 1.165) is 0 Å². The topological polar surface area (TPSA) is 83.9 Å². The second kappa shape index (κ2) is 8.18. The van der Waals surface area contributed by atoms with Crippen molar-refractivity contribution in [2.24, 2.45) is 0 Å². The predicted octanol–water partition coefficient (Wildman–Crippen LogP) is 4.74. The first-order chi connectivity index (χ1) is 13.0. The van der Waals surface area contributed by atoms with Crippen LogP contribution in [0.5, 0.6) is 11.5 Å². The molecule has 0 unspecified atom stereocenters. The fourth-order valence-electron chi connectivity index (χ4n) is 2.33. The Bertz CT molecular complexity index is 916. The molecule has 2 aromatic heterocycles. The molecule has 0 aliphatic heterocycles. The Labute approximate surface area is 160 Å². The monoisotopic (exact) mass is 391 g/mol. The standard InChI is InChI=1S/C19H18ClNO6/c1-11(2)26-18-14(20)7-12(8-17(18)23-3)19(22)25-10-13-9-16(27-21-13)15-5-4-6-24-15/h4-9,11H,10H2,1-3H3. The van der Waals surface area contributed by atoms with Crippen LogP contribution in [-0.4, -0.2) is 24.3 Å². The van der Waals surface area contributed by atoms with Crippen LogP contribution in [0.25, 0.3) is 11.5 Å². The number of benzene rings is 1. The molecule has 0 aliphatic rings. The van der Waals surface area contributed by atoms with Crippen LogP contribution in [0.15, 0.2) is 45.5 Å². The molecular formula is C19H18ClNO6. The molecular weight excluding hydrogens is 374 g/mol. The van der Waals surface area contributed by atoms with Crippen molar-refractivity contribution in [2.45, 2.75) is 26.6 Å². The second-order valence-electron chi connectivity index (χ2n) is 5.89. The Kier molecular flexibility index (Phi) is 5.71. The van der Waals surface area contributed by atoms with Crippen molar-refractivity contribution in [2.75, 3.05) is 7.11 Å². The van der Waals surface area contributed by atoms with Gasteiger partial charge in [-0.25, -0.2) is 4.79 Å². The van der Waals surface area contributed by atoms with E-state index in [9.17, 15) is 4.79 Å². The van der Waals surface area contributed by atoms with E-state index in [1.807, 2.05) is 13.8 Å². The van der Waals surface area contributed by atoms with Gasteiger partial charge in [0.15, 0.2) is 17.3 Å².